The lowest BCUT2D eigenvalue weighted by Gasteiger charge is -2.30. The fourth-order valence-electron chi connectivity index (χ4n) is 3.73. The predicted molar refractivity (Wildman–Crippen MR) is 107 cm³/mol. The molecule has 0 radical (unpaired) electrons. The first kappa shape index (κ1) is 17.7. The molecule has 0 amide bonds. The molecule has 1 aliphatic rings. The number of esters is 1. The van der Waals surface area contributed by atoms with Crippen molar-refractivity contribution in [1.29, 1.82) is 0 Å². The summed E-state index contributed by atoms with van der Waals surface area (Å²) < 4.78 is 5.58. The average molecular weight is 360 g/mol. The third-order valence-corrected chi connectivity index (χ3v) is 4.92. The largest absolute Gasteiger partial charge is 0.459 e. The van der Waals surface area contributed by atoms with Crippen LogP contribution < -0.4 is 0 Å². The minimum absolute atomic E-state index is 0.149. The van der Waals surface area contributed by atoms with Crippen LogP contribution in [0.4, 0.5) is 0 Å². The lowest BCUT2D eigenvalue weighted by Crippen LogP contribution is -2.32. The van der Waals surface area contributed by atoms with Gasteiger partial charge in [0.15, 0.2) is 0 Å². The molecule has 0 fully saturated rings. The van der Waals surface area contributed by atoms with Crippen LogP contribution in [0.3, 0.4) is 0 Å². The summed E-state index contributed by atoms with van der Waals surface area (Å²) in [6.07, 6.45) is 0.693. The van der Waals surface area contributed by atoms with E-state index in [1.165, 1.54) is 5.56 Å². The van der Waals surface area contributed by atoms with Gasteiger partial charge in [0.2, 0.25) is 0 Å². The molecule has 27 heavy (non-hydrogen) atoms. The molecular formula is C23H24N2O2. The van der Waals surface area contributed by atoms with Crippen LogP contribution in [0.15, 0.2) is 54.6 Å². The maximum absolute atomic E-state index is 12.9. The first-order valence-corrected chi connectivity index (χ1v) is 9.49. The van der Waals surface area contributed by atoms with Crippen LogP contribution in [-0.2, 0) is 24.2 Å². The van der Waals surface area contributed by atoms with E-state index >= 15 is 0 Å². The lowest BCUT2D eigenvalue weighted by molar-refractivity contribution is 0.0377. The lowest BCUT2D eigenvalue weighted by atomic mass is 9.95. The van der Waals surface area contributed by atoms with Crippen LogP contribution in [-0.4, -0.2) is 28.5 Å². The zero-order chi connectivity index (χ0) is 18.8. The summed E-state index contributed by atoms with van der Waals surface area (Å²) in [4.78, 5) is 20.2. The Morgan fingerprint density at radius 2 is 1.85 bits per heavy atom. The molecular weight excluding hydrogens is 336 g/mol. The molecule has 0 atom stereocenters. The van der Waals surface area contributed by atoms with Crippen LogP contribution in [0.5, 0.6) is 0 Å². The number of pyridine rings is 1. The molecule has 0 aliphatic carbocycles. The highest BCUT2D eigenvalue weighted by atomic mass is 16.5. The zero-order valence-corrected chi connectivity index (χ0v) is 15.8. The molecule has 4 nitrogen and oxygen atoms in total. The van der Waals surface area contributed by atoms with Gasteiger partial charge in [0.1, 0.15) is 0 Å². The Hall–Kier alpha value is -2.72. The first-order chi connectivity index (χ1) is 13.1. The van der Waals surface area contributed by atoms with E-state index in [1.54, 1.807) is 0 Å². The van der Waals surface area contributed by atoms with E-state index in [1.807, 2.05) is 44.2 Å². The highest BCUT2D eigenvalue weighted by Crippen LogP contribution is 2.29. The third-order valence-electron chi connectivity index (χ3n) is 4.92. The number of nitrogens with zero attached hydrogens (tertiary/aromatic N) is 2. The standard InChI is InChI=1S/C23H24N2O2/c1-16(2)27-23(26)22-18-10-6-7-11-20(18)24-21-12-13-25(15-19(21)22)14-17-8-4-3-5-9-17/h3-11,16H,12-15H2,1-2H3. The van der Waals surface area contributed by atoms with Crippen molar-refractivity contribution < 1.29 is 9.53 Å². The number of aromatic nitrogens is 1. The van der Waals surface area contributed by atoms with E-state index < -0.39 is 0 Å². The number of benzene rings is 2. The summed E-state index contributed by atoms with van der Waals surface area (Å²) in [6, 6.07) is 18.3. The van der Waals surface area contributed by atoms with Gasteiger partial charge in [0.25, 0.3) is 0 Å². The smallest absolute Gasteiger partial charge is 0.339 e. The monoisotopic (exact) mass is 360 g/mol. The van der Waals surface area contributed by atoms with Gasteiger partial charge in [-0.05, 0) is 25.5 Å². The van der Waals surface area contributed by atoms with Gasteiger partial charge in [0, 0.05) is 42.7 Å². The molecule has 0 N–H and O–H groups in total. The molecule has 2 heterocycles. The summed E-state index contributed by atoms with van der Waals surface area (Å²) >= 11 is 0. The van der Waals surface area contributed by atoms with Gasteiger partial charge >= 0.3 is 5.97 Å². The molecule has 0 spiro atoms. The summed E-state index contributed by atoms with van der Waals surface area (Å²) in [5.74, 6) is -0.249. The van der Waals surface area contributed by atoms with Crippen LogP contribution in [0.25, 0.3) is 10.9 Å². The van der Waals surface area contributed by atoms with E-state index in [0.717, 1.165) is 41.7 Å². The van der Waals surface area contributed by atoms with Gasteiger partial charge < -0.3 is 4.74 Å². The number of hydrogen-bond acceptors (Lipinski definition) is 4. The topological polar surface area (TPSA) is 42.4 Å². The van der Waals surface area contributed by atoms with Crippen molar-refractivity contribution in [2.45, 2.75) is 39.5 Å². The minimum Gasteiger partial charge on any atom is -0.459 e. The fraction of sp³-hybridized carbons (Fsp3) is 0.304. The highest BCUT2D eigenvalue weighted by molar-refractivity contribution is 6.05. The van der Waals surface area contributed by atoms with Crippen LogP contribution in [0.1, 0.15) is 41.0 Å². The fourth-order valence-corrected chi connectivity index (χ4v) is 3.73. The number of fused-ring (bicyclic) bond motifs is 2. The first-order valence-electron chi connectivity index (χ1n) is 9.49. The van der Waals surface area contributed by atoms with Crippen molar-refractivity contribution >= 4 is 16.9 Å². The molecule has 1 aromatic heterocycles. The quantitative estimate of drug-likeness (QED) is 0.649. The Kier molecular flexibility index (Phi) is 4.90. The second kappa shape index (κ2) is 7.49. The van der Waals surface area contributed by atoms with Gasteiger partial charge in [-0.3, -0.25) is 9.88 Å². The van der Waals surface area contributed by atoms with Crippen LogP contribution >= 0.6 is 0 Å². The van der Waals surface area contributed by atoms with Crippen molar-refractivity contribution in [2.24, 2.45) is 0 Å². The molecule has 0 unspecified atom stereocenters. The van der Waals surface area contributed by atoms with Gasteiger partial charge in [-0.25, -0.2) is 4.79 Å². The van der Waals surface area contributed by atoms with Gasteiger partial charge in [0.05, 0.1) is 17.2 Å². The number of para-hydroxylation sites is 1. The van der Waals surface area contributed by atoms with E-state index in [0.29, 0.717) is 12.1 Å². The third kappa shape index (κ3) is 3.71. The molecule has 0 bridgehead atoms. The van der Waals surface area contributed by atoms with E-state index in [2.05, 4.69) is 29.2 Å². The Bertz CT molecular complexity index is 967. The Morgan fingerprint density at radius 1 is 1.11 bits per heavy atom. The van der Waals surface area contributed by atoms with Crippen molar-refractivity contribution in [1.82, 2.24) is 9.88 Å². The molecule has 0 saturated heterocycles. The highest BCUT2D eigenvalue weighted by Gasteiger charge is 2.27. The second-order valence-corrected chi connectivity index (χ2v) is 7.33. The van der Waals surface area contributed by atoms with Crippen LogP contribution in [0.2, 0.25) is 0 Å². The predicted octanol–water partition coefficient (Wildman–Crippen LogP) is 4.36. The number of ether oxygens (including phenoxy) is 1. The molecule has 138 valence electrons. The molecule has 3 aromatic rings. The SMILES string of the molecule is CC(C)OC(=O)c1c2c(nc3ccccc13)CCN(Cc1ccccc1)C2. The van der Waals surface area contributed by atoms with Gasteiger partial charge in [-0.2, -0.15) is 0 Å². The second-order valence-electron chi connectivity index (χ2n) is 7.33. The number of carbonyl (C=O) groups is 1. The number of hydrogen-bond donors (Lipinski definition) is 0. The molecule has 2 aromatic carbocycles. The minimum atomic E-state index is -0.249. The van der Waals surface area contributed by atoms with E-state index in [9.17, 15) is 4.79 Å². The Morgan fingerprint density at radius 3 is 2.63 bits per heavy atom. The van der Waals surface area contributed by atoms with Gasteiger partial charge in [-0.15, -0.1) is 0 Å². The maximum Gasteiger partial charge on any atom is 0.339 e. The zero-order valence-electron chi connectivity index (χ0n) is 15.8. The number of carbonyl (C=O) groups excluding carboxylic acids is 1. The maximum atomic E-state index is 12.9. The summed E-state index contributed by atoms with van der Waals surface area (Å²) in [7, 11) is 0. The van der Waals surface area contributed by atoms with Crippen molar-refractivity contribution in [3.63, 3.8) is 0 Å². The number of rotatable bonds is 4. The molecule has 4 rings (SSSR count). The Labute approximate surface area is 159 Å². The summed E-state index contributed by atoms with van der Waals surface area (Å²) in [5, 5.41) is 0.878. The van der Waals surface area contributed by atoms with E-state index in [4.69, 9.17) is 9.72 Å². The summed E-state index contributed by atoms with van der Waals surface area (Å²) in [6.45, 7) is 6.28. The molecule has 4 heteroatoms. The van der Waals surface area contributed by atoms with E-state index in [-0.39, 0.29) is 12.1 Å². The van der Waals surface area contributed by atoms with Crippen molar-refractivity contribution in [3.05, 3.63) is 77.0 Å². The van der Waals surface area contributed by atoms with Crippen molar-refractivity contribution in [3.8, 4) is 0 Å². The normalized spacial score (nSPS) is 14.3. The van der Waals surface area contributed by atoms with Crippen molar-refractivity contribution in [2.75, 3.05) is 6.54 Å². The van der Waals surface area contributed by atoms with Gasteiger partial charge in [-0.1, -0.05) is 48.5 Å². The average Bonchev–Trinajstić information content (AvgIpc) is 2.66. The Balaban J connectivity index is 1.74. The molecule has 1 aliphatic heterocycles. The van der Waals surface area contributed by atoms with Crippen LogP contribution in [0, 0.1) is 0 Å². The molecule has 0 saturated carbocycles. The summed E-state index contributed by atoms with van der Waals surface area (Å²) in [5.41, 5.74) is 4.86.